The third-order valence-electron chi connectivity index (χ3n) is 3.01. The minimum atomic E-state index is -0.610. The molecule has 7 heteroatoms. The molecule has 0 saturated carbocycles. The number of ketones is 1. The quantitative estimate of drug-likeness (QED) is 0.500. The van der Waals surface area contributed by atoms with E-state index in [0.717, 1.165) is 13.0 Å². The molecule has 0 atom stereocenters. The van der Waals surface area contributed by atoms with E-state index in [1.54, 1.807) is 13.8 Å². The van der Waals surface area contributed by atoms with Gasteiger partial charge in [0.05, 0.1) is 16.1 Å². The van der Waals surface area contributed by atoms with Crippen molar-refractivity contribution in [3.8, 4) is 0 Å². The lowest BCUT2D eigenvalue weighted by molar-refractivity contribution is 0.0944. The summed E-state index contributed by atoms with van der Waals surface area (Å²) in [5.74, 6) is -0.851. The van der Waals surface area contributed by atoms with Crippen LogP contribution in [0, 0.1) is 5.92 Å². The number of Topliss-reactive ketones (excluding diaryl/α,β-unsaturated/α-hetero) is 1. The predicted octanol–water partition coefficient (Wildman–Crippen LogP) is 1.63. The summed E-state index contributed by atoms with van der Waals surface area (Å²) >= 11 is 1.21. The zero-order valence-corrected chi connectivity index (χ0v) is 13.8. The van der Waals surface area contributed by atoms with E-state index in [9.17, 15) is 9.59 Å². The standard InChI is InChI=1S/C14H24N4O2S/c1-8(2)11(19)12-10(15)9(13(16)20)14(21-12)17-6-5-7-18(3)4/h8,17H,5-7,15H2,1-4H3,(H2,16,20). The maximum Gasteiger partial charge on any atom is 0.253 e. The summed E-state index contributed by atoms with van der Waals surface area (Å²) in [6, 6.07) is 0. The SMILES string of the molecule is CC(C)C(=O)c1sc(NCCCN(C)C)c(C(N)=O)c1N. The third kappa shape index (κ3) is 4.44. The second-order valence-corrected chi connectivity index (χ2v) is 6.54. The van der Waals surface area contributed by atoms with E-state index in [2.05, 4.69) is 10.2 Å². The zero-order chi connectivity index (χ0) is 16.2. The van der Waals surface area contributed by atoms with Gasteiger partial charge in [0.1, 0.15) is 5.00 Å². The molecule has 1 rings (SSSR count). The van der Waals surface area contributed by atoms with Crippen molar-refractivity contribution in [2.45, 2.75) is 20.3 Å². The van der Waals surface area contributed by atoms with Crippen molar-refractivity contribution in [2.75, 3.05) is 38.2 Å². The summed E-state index contributed by atoms with van der Waals surface area (Å²) < 4.78 is 0. The number of thiophene rings is 1. The van der Waals surface area contributed by atoms with Crippen molar-refractivity contribution in [1.82, 2.24) is 4.90 Å². The fourth-order valence-electron chi connectivity index (χ4n) is 1.86. The van der Waals surface area contributed by atoms with Gasteiger partial charge in [-0.1, -0.05) is 13.8 Å². The highest BCUT2D eigenvalue weighted by Crippen LogP contribution is 2.36. The van der Waals surface area contributed by atoms with E-state index in [4.69, 9.17) is 11.5 Å². The molecule has 1 aromatic heterocycles. The third-order valence-corrected chi connectivity index (χ3v) is 4.19. The molecule has 1 aromatic rings. The van der Waals surface area contributed by atoms with Crippen molar-refractivity contribution >= 4 is 33.7 Å². The van der Waals surface area contributed by atoms with Gasteiger partial charge in [-0.3, -0.25) is 9.59 Å². The van der Waals surface area contributed by atoms with Gasteiger partial charge in [0, 0.05) is 12.5 Å². The van der Waals surface area contributed by atoms with Crippen LogP contribution in [-0.4, -0.2) is 43.8 Å². The van der Waals surface area contributed by atoms with Crippen LogP contribution in [-0.2, 0) is 0 Å². The lowest BCUT2D eigenvalue weighted by atomic mass is 10.1. The number of hydrogen-bond acceptors (Lipinski definition) is 6. The second-order valence-electron chi connectivity index (χ2n) is 5.52. The Labute approximate surface area is 129 Å². The number of primary amides is 1. The molecule has 0 aromatic carbocycles. The van der Waals surface area contributed by atoms with Gasteiger partial charge in [-0.25, -0.2) is 0 Å². The fourth-order valence-corrected chi connectivity index (χ4v) is 3.09. The largest absolute Gasteiger partial charge is 0.397 e. The molecule has 1 heterocycles. The number of nitrogen functional groups attached to an aromatic ring is 1. The number of nitrogens with one attached hydrogen (secondary N) is 1. The number of hydrogen-bond donors (Lipinski definition) is 3. The maximum absolute atomic E-state index is 12.1. The Morgan fingerprint density at radius 1 is 1.33 bits per heavy atom. The van der Waals surface area contributed by atoms with Gasteiger partial charge in [-0.15, -0.1) is 11.3 Å². The summed E-state index contributed by atoms with van der Waals surface area (Å²) in [7, 11) is 3.99. The summed E-state index contributed by atoms with van der Waals surface area (Å²) in [5.41, 5.74) is 11.7. The Morgan fingerprint density at radius 3 is 2.43 bits per heavy atom. The van der Waals surface area contributed by atoms with Crippen LogP contribution in [0.3, 0.4) is 0 Å². The van der Waals surface area contributed by atoms with E-state index >= 15 is 0 Å². The Balaban J connectivity index is 2.95. The molecule has 1 amide bonds. The maximum atomic E-state index is 12.1. The molecule has 0 fully saturated rings. The van der Waals surface area contributed by atoms with Crippen LogP contribution >= 0.6 is 11.3 Å². The number of amides is 1. The molecule has 0 aliphatic carbocycles. The normalized spacial score (nSPS) is 11.1. The molecule has 21 heavy (non-hydrogen) atoms. The molecule has 0 spiro atoms. The first-order chi connectivity index (χ1) is 9.75. The first-order valence-corrected chi connectivity index (χ1v) is 7.72. The van der Waals surface area contributed by atoms with Gasteiger partial charge in [0.2, 0.25) is 0 Å². The lowest BCUT2D eigenvalue weighted by Crippen LogP contribution is -2.18. The van der Waals surface area contributed by atoms with E-state index in [1.165, 1.54) is 11.3 Å². The highest BCUT2D eigenvalue weighted by Gasteiger charge is 2.25. The molecule has 0 saturated heterocycles. The van der Waals surface area contributed by atoms with Crippen LogP contribution in [0.5, 0.6) is 0 Å². The van der Waals surface area contributed by atoms with Crippen molar-refractivity contribution < 1.29 is 9.59 Å². The monoisotopic (exact) mass is 312 g/mol. The van der Waals surface area contributed by atoms with Gasteiger partial charge in [0.25, 0.3) is 5.91 Å². The van der Waals surface area contributed by atoms with Gasteiger partial charge in [-0.2, -0.15) is 0 Å². The van der Waals surface area contributed by atoms with E-state index in [0.29, 0.717) is 16.4 Å². The summed E-state index contributed by atoms with van der Waals surface area (Å²) in [4.78, 5) is 26.2. The van der Waals surface area contributed by atoms with Crippen LogP contribution in [0.4, 0.5) is 10.7 Å². The number of anilines is 2. The predicted molar refractivity (Wildman–Crippen MR) is 88.1 cm³/mol. The summed E-state index contributed by atoms with van der Waals surface area (Å²) in [6.07, 6.45) is 0.913. The van der Waals surface area contributed by atoms with Gasteiger partial charge in [0.15, 0.2) is 5.78 Å². The van der Waals surface area contributed by atoms with Crippen LogP contribution in [0.2, 0.25) is 0 Å². The Morgan fingerprint density at radius 2 is 1.95 bits per heavy atom. The highest BCUT2D eigenvalue weighted by atomic mass is 32.1. The molecule has 0 unspecified atom stereocenters. The van der Waals surface area contributed by atoms with Gasteiger partial charge < -0.3 is 21.7 Å². The van der Waals surface area contributed by atoms with Crippen molar-refractivity contribution in [2.24, 2.45) is 11.7 Å². The molecular formula is C14H24N4O2S. The Kier molecular flexibility index (Phi) is 6.17. The van der Waals surface area contributed by atoms with Crippen molar-refractivity contribution in [1.29, 1.82) is 0 Å². The lowest BCUT2D eigenvalue weighted by Gasteiger charge is -2.10. The molecular weight excluding hydrogens is 288 g/mol. The average Bonchev–Trinajstić information content (AvgIpc) is 2.70. The molecule has 0 aliphatic heterocycles. The minimum Gasteiger partial charge on any atom is -0.397 e. The number of carbonyl (C=O) groups excluding carboxylic acids is 2. The van der Waals surface area contributed by atoms with E-state index in [-0.39, 0.29) is 23.0 Å². The number of rotatable bonds is 8. The van der Waals surface area contributed by atoms with E-state index < -0.39 is 5.91 Å². The van der Waals surface area contributed by atoms with Crippen LogP contribution < -0.4 is 16.8 Å². The van der Waals surface area contributed by atoms with Gasteiger partial charge >= 0.3 is 0 Å². The topological polar surface area (TPSA) is 101 Å². The Hall–Kier alpha value is -1.60. The molecule has 0 aliphatic rings. The van der Waals surface area contributed by atoms with Crippen molar-refractivity contribution in [3.63, 3.8) is 0 Å². The summed E-state index contributed by atoms with van der Waals surface area (Å²) in [5, 5.41) is 3.75. The van der Waals surface area contributed by atoms with Crippen molar-refractivity contribution in [3.05, 3.63) is 10.4 Å². The van der Waals surface area contributed by atoms with E-state index in [1.807, 2.05) is 14.1 Å². The van der Waals surface area contributed by atoms with Gasteiger partial charge in [-0.05, 0) is 27.1 Å². The first kappa shape index (κ1) is 17.5. The molecule has 0 bridgehead atoms. The smallest absolute Gasteiger partial charge is 0.253 e. The number of nitrogens with zero attached hydrogens (tertiary/aromatic N) is 1. The average molecular weight is 312 g/mol. The zero-order valence-electron chi connectivity index (χ0n) is 13.0. The number of nitrogens with two attached hydrogens (primary N) is 2. The molecule has 118 valence electrons. The van der Waals surface area contributed by atoms with Crippen LogP contribution in [0.25, 0.3) is 0 Å². The first-order valence-electron chi connectivity index (χ1n) is 6.90. The fraction of sp³-hybridized carbons (Fsp3) is 0.571. The molecule has 0 radical (unpaired) electrons. The summed E-state index contributed by atoms with van der Waals surface area (Å²) in [6.45, 7) is 5.22. The number of carbonyl (C=O) groups is 2. The highest BCUT2D eigenvalue weighted by molar-refractivity contribution is 7.19. The second kappa shape index (κ2) is 7.42. The minimum absolute atomic E-state index is 0.0682. The molecule has 6 nitrogen and oxygen atoms in total. The Bertz CT molecular complexity index is 523. The van der Waals surface area contributed by atoms with Crippen LogP contribution in [0.15, 0.2) is 0 Å². The molecule has 5 N–H and O–H groups in total. The van der Waals surface area contributed by atoms with Crippen LogP contribution in [0.1, 0.15) is 40.3 Å².